The molecule has 8 heteroatoms. The zero-order valence-electron chi connectivity index (χ0n) is 26.5. The van der Waals surface area contributed by atoms with Gasteiger partial charge < -0.3 is 24.3 Å². The second kappa shape index (κ2) is 15.7. The Morgan fingerprint density at radius 3 is 2.14 bits per heavy atom. The third-order valence-electron chi connectivity index (χ3n) is 7.94. The Labute approximate surface area is 257 Å². The van der Waals surface area contributed by atoms with Crippen molar-refractivity contribution in [2.24, 2.45) is 0 Å². The summed E-state index contributed by atoms with van der Waals surface area (Å²) in [4.78, 5) is 33.8. The van der Waals surface area contributed by atoms with Gasteiger partial charge in [-0.3, -0.25) is 9.69 Å². The maximum atomic E-state index is 14.0. The van der Waals surface area contributed by atoms with Gasteiger partial charge in [-0.15, -0.1) is 0 Å². The van der Waals surface area contributed by atoms with Gasteiger partial charge in [0, 0.05) is 38.4 Å². The molecule has 3 amide bonds. The summed E-state index contributed by atoms with van der Waals surface area (Å²) in [6.07, 6.45) is 0.764. The maximum Gasteiger partial charge on any atom is 0.322 e. The van der Waals surface area contributed by atoms with Gasteiger partial charge >= 0.3 is 6.03 Å². The number of nitrogens with zero attached hydrogens (tertiary/aromatic N) is 3. The Morgan fingerprint density at radius 2 is 1.53 bits per heavy atom. The number of para-hydroxylation sites is 1. The van der Waals surface area contributed by atoms with Crippen molar-refractivity contribution >= 4 is 17.6 Å². The van der Waals surface area contributed by atoms with Gasteiger partial charge in [0.15, 0.2) is 0 Å². The summed E-state index contributed by atoms with van der Waals surface area (Å²) in [6.45, 7) is 15.7. The van der Waals surface area contributed by atoms with Crippen LogP contribution in [0.25, 0.3) is 0 Å². The van der Waals surface area contributed by atoms with Crippen molar-refractivity contribution in [3.8, 4) is 0 Å². The van der Waals surface area contributed by atoms with Gasteiger partial charge in [-0.1, -0.05) is 76.2 Å². The number of hydrogen-bond acceptors (Lipinski definition) is 5. The van der Waals surface area contributed by atoms with E-state index in [1.807, 2.05) is 49.4 Å². The van der Waals surface area contributed by atoms with Crippen LogP contribution >= 0.6 is 0 Å². The van der Waals surface area contributed by atoms with E-state index in [1.165, 1.54) is 0 Å². The molecule has 1 aliphatic rings. The smallest absolute Gasteiger partial charge is 0.322 e. The highest BCUT2D eigenvalue weighted by Crippen LogP contribution is 2.32. The van der Waals surface area contributed by atoms with Crippen molar-refractivity contribution in [1.82, 2.24) is 14.7 Å². The molecule has 8 nitrogen and oxygen atoms in total. The first-order valence-electron chi connectivity index (χ1n) is 15.6. The van der Waals surface area contributed by atoms with Crippen LogP contribution in [0.1, 0.15) is 74.2 Å². The van der Waals surface area contributed by atoms with Crippen molar-refractivity contribution in [3.63, 3.8) is 0 Å². The summed E-state index contributed by atoms with van der Waals surface area (Å²) in [5, 5.41) is 3.24. The molecule has 3 aromatic rings. The molecule has 2 heterocycles. The van der Waals surface area contributed by atoms with Gasteiger partial charge in [-0.25, -0.2) is 4.79 Å². The lowest BCUT2D eigenvalue weighted by atomic mass is 9.93. The lowest BCUT2D eigenvalue weighted by Gasteiger charge is -2.30. The van der Waals surface area contributed by atoms with Crippen molar-refractivity contribution in [2.75, 3.05) is 51.3 Å². The first-order valence-corrected chi connectivity index (χ1v) is 15.6. The molecule has 0 unspecified atom stereocenters. The molecule has 232 valence electrons. The molecule has 0 aliphatic carbocycles. The standard InChI is InChI=1S/C35H48N4O4/c1-26(2)31-13-9-14-32(27(3)4)34(31)36-35(41)38(18-10-17-37-19-21-42-22-20-37)25-33(40)39(23-29-11-7-6-8-12-29)24-30-16-15-28(5)43-30/h6-9,11-16,26-27H,10,17-25H2,1-5H3,(H,36,41). The molecule has 0 bridgehead atoms. The van der Waals surface area contributed by atoms with Gasteiger partial charge in [-0.05, 0) is 54.0 Å². The number of anilines is 1. The maximum absolute atomic E-state index is 14.0. The minimum absolute atomic E-state index is 0.0255. The van der Waals surface area contributed by atoms with E-state index in [9.17, 15) is 9.59 Å². The van der Waals surface area contributed by atoms with Gasteiger partial charge in [0.1, 0.15) is 18.1 Å². The number of hydrogen-bond donors (Lipinski definition) is 1. The minimum atomic E-state index is -0.251. The zero-order chi connectivity index (χ0) is 30.8. The molecule has 4 rings (SSSR count). The van der Waals surface area contributed by atoms with Gasteiger partial charge in [0.25, 0.3) is 0 Å². The average Bonchev–Trinajstić information content (AvgIpc) is 3.41. The first kappa shape index (κ1) is 32.3. The topological polar surface area (TPSA) is 78.3 Å². The highest BCUT2D eigenvalue weighted by molar-refractivity contribution is 5.94. The second-order valence-corrected chi connectivity index (χ2v) is 12.0. The Morgan fingerprint density at radius 1 is 0.860 bits per heavy atom. The van der Waals surface area contributed by atoms with Crippen LogP contribution in [-0.4, -0.2) is 72.6 Å². The SMILES string of the molecule is Cc1ccc(CN(Cc2ccccc2)C(=O)CN(CCCN2CCOCC2)C(=O)Nc2c(C(C)C)cccc2C(C)C)o1. The fraction of sp³-hybridized carbons (Fsp3) is 0.486. The van der Waals surface area contributed by atoms with E-state index in [0.29, 0.717) is 19.6 Å². The Hall–Kier alpha value is -3.62. The lowest BCUT2D eigenvalue weighted by molar-refractivity contribution is -0.133. The van der Waals surface area contributed by atoms with Crippen molar-refractivity contribution in [1.29, 1.82) is 0 Å². The zero-order valence-corrected chi connectivity index (χ0v) is 26.5. The molecule has 1 aromatic heterocycles. The molecule has 1 aliphatic heterocycles. The number of furan rings is 1. The number of rotatable bonds is 13. The predicted molar refractivity (Wildman–Crippen MR) is 171 cm³/mol. The summed E-state index contributed by atoms with van der Waals surface area (Å²) in [7, 11) is 0. The van der Waals surface area contributed by atoms with Crippen molar-refractivity contribution < 1.29 is 18.7 Å². The van der Waals surface area contributed by atoms with Crippen LogP contribution < -0.4 is 5.32 Å². The summed E-state index contributed by atoms with van der Waals surface area (Å²) in [6, 6.07) is 19.7. The number of carbonyl (C=O) groups excluding carboxylic acids is 2. The molecule has 0 spiro atoms. The van der Waals surface area contributed by atoms with E-state index < -0.39 is 0 Å². The summed E-state index contributed by atoms with van der Waals surface area (Å²) in [5.74, 6) is 1.88. The molecule has 0 radical (unpaired) electrons. The van der Waals surface area contributed by atoms with Crippen molar-refractivity contribution in [2.45, 2.75) is 66.0 Å². The molecular weight excluding hydrogens is 540 g/mol. The molecule has 0 saturated carbocycles. The second-order valence-electron chi connectivity index (χ2n) is 12.0. The van der Waals surface area contributed by atoms with E-state index in [4.69, 9.17) is 9.15 Å². The predicted octanol–water partition coefficient (Wildman–Crippen LogP) is 6.62. The van der Waals surface area contributed by atoms with E-state index in [-0.39, 0.29) is 30.3 Å². The third-order valence-corrected chi connectivity index (χ3v) is 7.94. The lowest BCUT2D eigenvalue weighted by Crippen LogP contribution is -2.45. The number of urea groups is 1. The summed E-state index contributed by atoms with van der Waals surface area (Å²) < 4.78 is 11.3. The highest BCUT2D eigenvalue weighted by Gasteiger charge is 2.25. The monoisotopic (exact) mass is 588 g/mol. The molecule has 1 saturated heterocycles. The Kier molecular flexibility index (Phi) is 11.8. The third kappa shape index (κ3) is 9.43. The number of nitrogens with one attached hydrogen (secondary N) is 1. The van der Waals surface area contributed by atoms with Gasteiger partial charge in [0.2, 0.25) is 5.91 Å². The Bertz CT molecular complexity index is 1290. The number of ether oxygens (including phenoxy) is 1. The van der Waals surface area contributed by atoms with E-state index in [1.54, 1.807) is 9.80 Å². The highest BCUT2D eigenvalue weighted by atomic mass is 16.5. The van der Waals surface area contributed by atoms with Crippen LogP contribution in [0.4, 0.5) is 10.5 Å². The van der Waals surface area contributed by atoms with Crippen LogP contribution in [0.5, 0.6) is 0 Å². The van der Waals surface area contributed by atoms with Crippen LogP contribution in [0, 0.1) is 6.92 Å². The number of carbonyl (C=O) groups is 2. The minimum Gasteiger partial charge on any atom is -0.464 e. The largest absolute Gasteiger partial charge is 0.464 e. The number of aryl methyl sites for hydroxylation is 1. The summed E-state index contributed by atoms with van der Waals surface area (Å²) >= 11 is 0. The first-order chi connectivity index (χ1) is 20.7. The van der Waals surface area contributed by atoms with Crippen LogP contribution in [-0.2, 0) is 22.6 Å². The summed E-state index contributed by atoms with van der Waals surface area (Å²) in [5.41, 5.74) is 4.07. The average molecular weight is 589 g/mol. The number of amides is 3. The fourth-order valence-electron chi connectivity index (χ4n) is 5.50. The Balaban J connectivity index is 1.56. The van der Waals surface area contributed by atoms with Gasteiger partial charge in [0.05, 0.1) is 19.8 Å². The molecule has 2 aromatic carbocycles. The molecule has 0 atom stereocenters. The van der Waals surface area contributed by atoms with E-state index in [2.05, 4.69) is 56.1 Å². The number of morpholine rings is 1. The van der Waals surface area contributed by atoms with Crippen molar-refractivity contribution in [3.05, 3.63) is 88.9 Å². The van der Waals surface area contributed by atoms with Crippen LogP contribution in [0.2, 0.25) is 0 Å². The fourth-order valence-corrected chi connectivity index (χ4v) is 5.50. The molecule has 1 fully saturated rings. The normalized spacial score (nSPS) is 13.8. The van der Waals surface area contributed by atoms with Gasteiger partial charge in [-0.2, -0.15) is 0 Å². The van der Waals surface area contributed by atoms with Crippen LogP contribution in [0.15, 0.2) is 65.1 Å². The quantitative estimate of drug-likeness (QED) is 0.243. The molecule has 43 heavy (non-hydrogen) atoms. The molecular formula is C35H48N4O4. The van der Waals surface area contributed by atoms with Crippen LogP contribution in [0.3, 0.4) is 0 Å². The number of benzene rings is 2. The van der Waals surface area contributed by atoms with E-state index >= 15 is 0 Å². The molecule has 1 N–H and O–H groups in total. The van der Waals surface area contributed by atoms with E-state index in [0.717, 1.165) is 73.2 Å².